The third-order valence-electron chi connectivity index (χ3n) is 5.55. The number of rotatable bonds is 5. The first kappa shape index (κ1) is 19.4. The van der Waals surface area contributed by atoms with Crippen molar-refractivity contribution < 1.29 is 22.6 Å². The highest BCUT2D eigenvalue weighted by Crippen LogP contribution is 2.40. The van der Waals surface area contributed by atoms with Crippen molar-refractivity contribution in [2.24, 2.45) is 0 Å². The number of hydrogen-bond acceptors (Lipinski definition) is 4. The Balaban J connectivity index is 1.63. The van der Waals surface area contributed by atoms with E-state index in [1.165, 1.54) is 19.2 Å². The largest absolute Gasteiger partial charge is 0.481 e. The molecule has 0 radical (unpaired) electrons. The quantitative estimate of drug-likeness (QED) is 0.431. The Morgan fingerprint density at radius 2 is 1.97 bits per heavy atom. The smallest absolute Gasteiger partial charge is 0.387 e. The molecule has 5 rings (SSSR count). The van der Waals surface area contributed by atoms with Crippen LogP contribution in [0.1, 0.15) is 23.9 Å². The third-order valence-corrected chi connectivity index (χ3v) is 5.55. The molecule has 158 valence electrons. The van der Waals surface area contributed by atoms with Crippen molar-refractivity contribution in [3.8, 4) is 22.8 Å². The van der Waals surface area contributed by atoms with Crippen molar-refractivity contribution in [2.45, 2.75) is 25.5 Å². The van der Waals surface area contributed by atoms with E-state index in [-0.39, 0.29) is 11.8 Å². The normalized spacial score (nSPS) is 15.5. The van der Waals surface area contributed by atoms with Crippen LogP contribution in [0.15, 0.2) is 54.7 Å². The molecule has 2 aromatic carbocycles. The Morgan fingerprint density at radius 3 is 2.71 bits per heavy atom. The van der Waals surface area contributed by atoms with Crippen molar-refractivity contribution in [1.82, 2.24) is 14.5 Å². The second kappa shape index (κ2) is 7.61. The molecule has 0 saturated carbocycles. The summed E-state index contributed by atoms with van der Waals surface area (Å²) in [5.41, 5.74) is 2.89. The van der Waals surface area contributed by atoms with Crippen LogP contribution in [-0.4, -0.2) is 28.3 Å². The number of benzene rings is 2. The summed E-state index contributed by atoms with van der Waals surface area (Å²) in [5.74, 6) is 0.954. The molecule has 1 aliphatic heterocycles. The summed E-state index contributed by atoms with van der Waals surface area (Å²) in [5, 5.41) is 0. The van der Waals surface area contributed by atoms with E-state index in [9.17, 15) is 13.2 Å². The SMILES string of the molecule is COc1ccc(-c2cc3c(cc2F)nc2n3[C@H](c3ccccc3OC(F)F)CC2)cn1. The minimum Gasteiger partial charge on any atom is -0.481 e. The lowest BCUT2D eigenvalue weighted by Gasteiger charge is -2.19. The lowest BCUT2D eigenvalue weighted by molar-refractivity contribution is -0.0506. The molecule has 0 bridgehead atoms. The van der Waals surface area contributed by atoms with Gasteiger partial charge in [0.25, 0.3) is 0 Å². The van der Waals surface area contributed by atoms with Crippen molar-refractivity contribution in [2.75, 3.05) is 7.11 Å². The van der Waals surface area contributed by atoms with Gasteiger partial charge in [-0.25, -0.2) is 14.4 Å². The summed E-state index contributed by atoms with van der Waals surface area (Å²) < 4.78 is 52.5. The van der Waals surface area contributed by atoms with E-state index in [0.717, 1.165) is 11.3 Å². The molecule has 1 aliphatic rings. The maximum Gasteiger partial charge on any atom is 0.387 e. The van der Waals surface area contributed by atoms with E-state index >= 15 is 0 Å². The van der Waals surface area contributed by atoms with Crippen LogP contribution in [0.5, 0.6) is 11.6 Å². The number of alkyl halides is 2. The average Bonchev–Trinajstić information content (AvgIpc) is 3.32. The number of pyridine rings is 1. The maximum atomic E-state index is 14.9. The predicted octanol–water partition coefficient (Wildman–Crippen LogP) is 5.38. The van der Waals surface area contributed by atoms with Gasteiger partial charge in [-0.15, -0.1) is 0 Å². The van der Waals surface area contributed by atoms with Crippen LogP contribution in [0.25, 0.3) is 22.2 Å². The first-order valence-corrected chi connectivity index (χ1v) is 9.79. The van der Waals surface area contributed by atoms with Crippen LogP contribution in [0, 0.1) is 5.82 Å². The zero-order valence-corrected chi connectivity index (χ0v) is 16.6. The molecule has 0 N–H and O–H groups in total. The number of methoxy groups -OCH3 is 1. The van der Waals surface area contributed by atoms with Crippen LogP contribution in [0.3, 0.4) is 0 Å². The molecule has 3 heterocycles. The average molecular weight is 425 g/mol. The molecule has 1 atom stereocenters. The van der Waals surface area contributed by atoms with E-state index in [1.54, 1.807) is 42.6 Å². The highest BCUT2D eigenvalue weighted by Gasteiger charge is 2.30. The molecule has 0 aliphatic carbocycles. The number of fused-ring (bicyclic) bond motifs is 3. The van der Waals surface area contributed by atoms with Gasteiger partial charge in [-0.3, -0.25) is 0 Å². The minimum atomic E-state index is -2.91. The molecular formula is C23H18F3N3O2. The fourth-order valence-electron chi connectivity index (χ4n) is 4.22. The van der Waals surface area contributed by atoms with Gasteiger partial charge in [0.05, 0.1) is 24.2 Å². The Kier molecular flexibility index (Phi) is 4.77. The first-order valence-electron chi connectivity index (χ1n) is 9.79. The molecule has 8 heteroatoms. The molecule has 0 saturated heterocycles. The van der Waals surface area contributed by atoms with Gasteiger partial charge in [-0.05, 0) is 24.6 Å². The molecule has 0 spiro atoms. The van der Waals surface area contributed by atoms with Crippen molar-refractivity contribution in [3.63, 3.8) is 0 Å². The number of ether oxygens (including phenoxy) is 2. The number of aryl methyl sites for hydroxylation is 1. The van der Waals surface area contributed by atoms with Gasteiger partial charge in [0.2, 0.25) is 5.88 Å². The summed E-state index contributed by atoms with van der Waals surface area (Å²) in [6, 6.07) is 13.1. The van der Waals surface area contributed by atoms with E-state index < -0.39 is 12.4 Å². The van der Waals surface area contributed by atoms with Crippen LogP contribution in [-0.2, 0) is 6.42 Å². The van der Waals surface area contributed by atoms with E-state index in [1.807, 2.05) is 4.57 Å². The molecule has 0 fully saturated rings. The fourth-order valence-corrected chi connectivity index (χ4v) is 4.22. The predicted molar refractivity (Wildman–Crippen MR) is 109 cm³/mol. The first-order chi connectivity index (χ1) is 15.0. The topological polar surface area (TPSA) is 49.2 Å². The standard InChI is InChI=1S/C23H18F3N3O2/c1-30-22-9-6-13(12-27-22)15-10-19-17(11-16(15)24)28-21-8-7-18(29(19)21)14-4-2-3-5-20(14)31-23(25)26/h2-6,9-12,18,23H,7-8H2,1H3/t18-/m0/s1. The van der Waals surface area contributed by atoms with Crippen LogP contribution >= 0.6 is 0 Å². The summed E-state index contributed by atoms with van der Waals surface area (Å²) in [6.07, 6.45) is 2.90. The maximum absolute atomic E-state index is 14.9. The van der Waals surface area contributed by atoms with E-state index in [4.69, 9.17) is 9.47 Å². The highest BCUT2D eigenvalue weighted by atomic mass is 19.3. The van der Waals surface area contributed by atoms with Crippen molar-refractivity contribution in [1.29, 1.82) is 0 Å². The van der Waals surface area contributed by atoms with E-state index in [2.05, 4.69) is 9.97 Å². The number of hydrogen-bond donors (Lipinski definition) is 0. The highest BCUT2D eigenvalue weighted by molar-refractivity contribution is 5.83. The van der Waals surface area contributed by atoms with Gasteiger partial charge >= 0.3 is 6.61 Å². The van der Waals surface area contributed by atoms with Gasteiger partial charge in [0.15, 0.2) is 0 Å². The molecule has 2 aromatic heterocycles. The number of nitrogens with zero attached hydrogens (tertiary/aromatic N) is 3. The molecular weight excluding hydrogens is 407 g/mol. The van der Waals surface area contributed by atoms with E-state index in [0.29, 0.717) is 40.9 Å². The number of para-hydroxylation sites is 1. The minimum absolute atomic E-state index is 0.138. The summed E-state index contributed by atoms with van der Waals surface area (Å²) in [6.45, 7) is -2.91. The number of aromatic nitrogens is 3. The Bertz CT molecular complexity index is 1260. The summed E-state index contributed by atoms with van der Waals surface area (Å²) >= 11 is 0. The van der Waals surface area contributed by atoms with Crippen LogP contribution in [0.2, 0.25) is 0 Å². The van der Waals surface area contributed by atoms with Crippen molar-refractivity contribution >= 4 is 11.0 Å². The third kappa shape index (κ3) is 3.37. The summed E-state index contributed by atoms with van der Waals surface area (Å²) in [7, 11) is 1.51. The van der Waals surface area contributed by atoms with Gasteiger partial charge < -0.3 is 14.0 Å². The zero-order chi connectivity index (χ0) is 21.5. The van der Waals surface area contributed by atoms with Crippen LogP contribution < -0.4 is 9.47 Å². The Hall–Kier alpha value is -3.55. The summed E-state index contributed by atoms with van der Waals surface area (Å²) in [4.78, 5) is 8.74. The molecule has 0 amide bonds. The zero-order valence-electron chi connectivity index (χ0n) is 16.6. The van der Waals surface area contributed by atoms with Crippen LogP contribution in [0.4, 0.5) is 13.2 Å². The molecule has 31 heavy (non-hydrogen) atoms. The lowest BCUT2D eigenvalue weighted by atomic mass is 10.0. The molecule has 4 aromatic rings. The monoisotopic (exact) mass is 425 g/mol. The van der Waals surface area contributed by atoms with Gasteiger partial charge in [0, 0.05) is 41.4 Å². The number of imidazole rings is 1. The molecule has 5 nitrogen and oxygen atoms in total. The lowest BCUT2D eigenvalue weighted by Crippen LogP contribution is -2.10. The number of halogens is 3. The second-order valence-corrected chi connectivity index (χ2v) is 7.28. The van der Waals surface area contributed by atoms with Gasteiger partial charge in [-0.2, -0.15) is 8.78 Å². The van der Waals surface area contributed by atoms with Crippen molar-refractivity contribution in [3.05, 3.63) is 71.9 Å². The Labute approximate surface area is 176 Å². The fraction of sp³-hybridized carbons (Fsp3) is 0.217. The Morgan fingerprint density at radius 1 is 1.13 bits per heavy atom. The van der Waals surface area contributed by atoms with Gasteiger partial charge in [-0.1, -0.05) is 18.2 Å². The molecule has 0 unspecified atom stereocenters. The van der Waals surface area contributed by atoms with Gasteiger partial charge in [0.1, 0.15) is 17.4 Å². The second-order valence-electron chi connectivity index (χ2n) is 7.28.